The van der Waals surface area contributed by atoms with E-state index in [2.05, 4.69) is 10.6 Å². The summed E-state index contributed by atoms with van der Waals surface area (Å²) in [6, 6.07) is 4.87. The highest BCUT2D eigenvalue weighted by Crippen LogP contribution is 2.20. The zero-order chi connectivity index (χ0) is 15.8. The topological polar surface area (TPSA) is 93.5 Å². The summed E-state index contributed by atoms with van der Waals surface area (Å²) < 4.78 is 4.93. The van der Waals surface area contributed by atoms with E-state index in [1.165, 1.54) is 6.07 Å². The van der Waals surface area contributed by atoms with Gasteiger partial charge in [-0.15, -0.1) is 0 Å². The normalized spacial score (nSPS) is 12.0. The van der Waals surface area contributed by atoms with Crippen LogP contribution in [0.3, 0.4) is 0 Å². The number of carbonyl (C=O) groups is 1. The maximum atomic E-state index is 11.6. The third kappa shape index (κ3) is 5.49. The number of rotatable bonds is 8. The van der Waals surface area contributed by atoms with Crippen LogP contribution in [0.1, 0.15) is 18.1 Å². The molecule has 1 aromatic rings. The van der Waals surface area contributed by atoms with E-state index in [0.717, 1.165) is 5.56 Å². The molecule has 1 rings (SSSR count). The number of amides is 1. The van der Waals surface area contributed by atoms with Gasteiger partial charge in [0, 0.05) is 31.3 Å². The second kappa shape index (κ2) is 8.33. The van der Waals surface area contributed by atoms with Gasteiger partial charge in [0.15, 0.2) is 0 Å². The number of nitrogens with one attached hydrogen (secondary N) is 2. The summed E-state index contributed by atoms with van der Waals surface area (Å²) in [5, 5.41) is 16.6. The smallest absolute Gasteiger partial charge is 0.272 e. The summed E-state index contributed by atoms with van der Waals surface area (Å²) in [6.45, 7) is 4.56. The molecule has 7 heteroatoms. The van der Waals surface area contributed by atoms with Crippen LogP contribution >= 0.6 is 0 Å². The Morgan fingerprint density at radius 1 is 1.48 bits per heavy atom. The number of ether oxygens (including phenoxy) is 1. The number of nitro benzene ring substituents is 1. The van der Waals surface area contributed by atoms with Crippen LogP contribution in [0.2, 0.25) is 0 Å². The van der Waals surface area contributed by atoms with Crippen LogP contribution in [-0.4, -0.2) is 37.1 Å². The lowest BCUT2D eigenvalue weighted by Gasteiger charge is -2.13. The minimum absolute atomic E-state index is 0.0520. The average molecular weight is 295 g/mol. The number of nitro groups is 1. The van der Waals surface area contributed by atoms with Crippen LogP contribution in [0.5, 0.6) is 0 Å². The minimum atomic E-state index is -0.405. The van der Waals surface area contributed by atoms with Gasteiger partial charge >= 0.3 is 0 Å². The maximum Gasteiger partial charge on any atom is 0.272 e. The van der Waals surface area contributed by atoms with Gasteiger partial charge in [0.25, 0.3) is 5.69 Å². The maximum absolute atomic E-state index is 11.6. The molecular formula is C14H21N3O4. The fourth-order valence-corrected chi connectivity index (χ4v) is 1.99. The Bertz CT molecular complexity index is 505. The number of hydrogen-bond acceptors (Lipinski definition) is 5. The van der Waals surface area contributed by atoms with Crippen LogP contribution in [0.4, 0.5) is 5.69 Å². The lowest BCUT2D eigenvalue weighted by molar-refractivity contribution is -0.385. The van der Waals surface area contributed by atoms with Gasteiger partial charge < -0.3 is 15.4 Å². The van der Waals surface area contributed by atoms with E-state index in [0.29, 0.717) is 18.7 Å². The largest absolute Gasteiger partial charge is 0.383 e. The molecule has 0 saturated heterocycles. The first kappa shape index (κ1) is 17.1. The van der Waals surface area contributed by atoms with E-state index >= 15 is 0 Å². The summed E-state index contributed by atoms with van der Waals surface area (Å²) in [5.41, 5.74) is 1.51. The van der Waals surface area contributed by atoms with Gasteiger partial charge in [-0.3, -0.25) is 14.9 Å². The molecule has 0 radical (unpaired) electrons. The molecule has 1 amide bonds. The Kier molecular flexibility index (Phi) is 6.77. The van der Waals surface area contributed by atoms with Crippen LogP contribution in [0.15, 0.2) is 18.2 Å². The quantitative estimate of drug-likeness (QED) is 0.554. The molecule has 1 aromatic carbocycles. The first-order valence-electron chi connectivity index (χ1n) is 6.67. The molecule has 116 valence electrons. The molecule has 0 aromatic heterocycles. The van der Waals surface area contributed by atoms with Gasteiger partial charge in [0.05, 0.1) is 18.1 Å². The van der Waals surface area contributed by atoms with Crippen molar-refractivity contribution in [2.24, 2.45) is 0 Å². The summed E-state index contributed by atoms with van der Waals surface area (Å²) >= 11 is 0. The van der Waals surface area contributed by atoms with Gasteiger partial charge in [-0.1, -0.05) is 12.1 Å². The van der Waals surface area contributed by atoms with Gasteiger partial charge in [0.2, 0.25) is 5.91 Å². The number of methoxy groups -OCH3 is 1. The molecule has 7 nitrogen and oxygen atoms in total. The van der Waals surface area contributed by atoms with E-state index in [1.807, 2.05) is 6.92 Å². The monoisotopic (exact) mass is 295 g/mol. The Labute approximate surface area is 123 Å². The zero-order valence-corrected chi connectivity index (χ0v) is 12.5. The van der Waals surface area contributed by atoms with Gasteiger partial charge in [0.1, 0.15) is 0 Å². The predicted molar refractivity (Wildman–Crippen MR) is 79.0 cm³/mol. The predicted octanol–water partition coefficient (Wildman–Crippen LogP) is 1.14. The Morgan fingerprint density at radius 3 is 2.81 bits per heavy atom. The number of carbonyl (C=O) groups excluding carboxylic acids is 1. The highest BCUT2D eigenvalue weighted by atomic mass is 16.6. The van der Waals surface area contributed by atoms with Crippen molar-refractivity contribution >= 4 is 11.6 Å². The van der Waals surface area contributed by atoms with Gasteiger partial charge in [-0.25, -0.2) is 0 Å². The average Bonchev–Trinajstić information content (AvgIpc) is 2.40. The molecule has 0 spiro atoms. The summed E-state index contributed by atoms with van der Waals surface area (Å²) in [7, 11) is 1.58. The highest BCUT2D eigenvalue weighted by Gasteiger charge is 2.13. The fraction of sp³-hybridized carbons (Fsp3) is 0.500. The molecule has 0 saturated carbocycles. The van der Waals surface area contributed by atoms with Crippen LogP contribution in [0, 0.1) is 17.0 Å². The second-order valence-corrected chi connectivity index (χ2v) is 4.85. The summed E-state index contributed by atoms with van der Waals surface area (Å²) in [5.74, 6) is -0.136. The molecule has 0 heterocycles. The van der Waals surface area contributed by atoms with Crippen LogP contribution in [0.25, 0.3) is 0 Å². The number of hydrogen-bond donors (Lipinski definition) is 2. The van der Waals surface area contributed by atoms with Gasteiger partial charge in [-0.05, 0) is 19.4 Å². The van der Waals surface area contributed by atoms with Crippen LogP contribution in [-0.2, 0) is 16.1 Å². The molecule has 2 N–H and O–H groups in total. The standard InChI is InChI=1S/C14H21N3O4/c1-10(9-21-3)16-14(18)8-15-7-12-5-4-6-13(11(12)2)17(19)20/h4-6,10,15H,7-9H2,1-3H3,(H,16,18). The zero-order valence-electron chi connectivity index (χ0n) is 12.5. The Hall–Kier alpha value is -1.99. The van der Waals surface area contributed by atoms with Crippen molar-refractivity contribution in [1.82, 2.24) is 10.6 Å². The molecule has 0 aliphatic carbocycles. The summed E-state index contributed by atoms with van der Waals surface area (Å²) in [4.78, 5) is 22.1. The van der Waals surface area contributed by atoms with Crippen molar-refractivity contribution < 1.29 is 14.5 Å². The van der Waals surface area contributed by atoms with E-state index in [-0.39, 0.29) is 24.2 Å². The van der Waals surface area contributed by atoms with Crippen molar-refractivity contribution in [3.63, 3.8) is 0 Å². The minimum Gasteiger partial charge on any atom is -0.383 e. The van der Waals surface area contributed by atoms with Crippen molar-refractivity contribution in [2.45, 2.75) is 26.4 Å². The van der Waals surface area contributed by atoms with E-state index < -0.39 is 4.92 Å². The van der Waals surface area contributed by atoms with Crippen LogP contribution < -0.4 is 10.6 Å². The fourth-order valence-electron chi connectivity index (χ4n) is 1.99. The lowest BCUT2D eigenvalue weighted by Crippen LogP contribution is -2.40. The second-order valence-electron chi connectivity index (χ2n) is 4.85. The first-order valence-corrected chi connectivity index (χ1v) is 6.67. The Morgan fingerprint density at radius 2 is 2.19 bits per heavy atom. The lowest BCUT2D eigenvalue weighted by atomic mass is 10.1. The molecular weight excluding hydrogens is 274 g/mol. The van der Waals surface area contributed by atoms with Crippen molar-refractivity contribution in [3.8, 4) is 0 Å². The van der Waals surface area contributed by atoms with Crippen molar-refractivity contribution in [1.29, 1.82) is 0 Å². The molecule has 0 aliphatic rings. The van der Waals surface area contributed by atoms with E-state index in [1.54, 1.807) is 26.2 Å². The number of benzene rings is 1. The third-order valence-electron chi connectivity index (χ3n) is 3.04. The Balaban J connectivity index is 2.48. The molecule has 0 aliphatic heterocycles. The molecule has 21 heavy (non-hydrogen) atoms. The molecule has 0 bridgehead atoms. The van der Waals surface area contributed by atoms with Gasteiger partial charge in [-0.2, -0.15) is 0 Å². The molecule has 1 atom stereocenters. The SMILES string of the molecule is COCC(C)NC(=O)CNCc1cccc([N+](=O)[O-])c1C. The van der Waals surface area contributed by atoms with E-state index in [9.17, 15) is 14.9 Å². The highest BCUT2D eigenvalue weighted by molar-refractivity contribution is 5.78. The third-order valence-corrected chi connectivity index (χ3v) is 3.04. The van der Waals surface area contributed by atoms with Crippen molar-refractivity contribution in [3.05, 3.63) is 39.4 Å². The molecule has 1 unspecified atom stereocenters. The first-order chi connectivity index (χ1) is 9.95. The van der Waals surface area contributed by atoms with Crippen molar-refractivity contribution in [2.75, 3.05) is 20.3 Å². The number of nitrogens with zero attached hydrogens (tertiary/aromatic N) is 1. The van der Waals surface area contributed by atoms with E-state index in [4.69, 9.17) is 4.74 Å². The molecule has 0 fully saturated rings. The summed E-state index contributed by atoms with van der Waals surface area (Å²) in [6.07, 6.45) is 0.